The van der Waals surface area contributed by atoms with E-state index in [2.05, 4.69) is 52.2 Å². The second kappa shape index (κ2) is 8.32. The molecule has 0 aliphatic carbocycles. The van der Waals surface area contributed by atoms with Crippen LogP contribution in [0.2, 0.25) is 0 Å². The molecule has 0 aromatic heterocycles. The molecule has 4 saturated heterocycles. The highest BCUT2D eigenvalue weighted by Gasteiger charge is 2.57. The van der Waals surface area contributed by atoms with Gasteiger partial charge in [0, 0.05) is 18.6 Å². The number of hydrogen-bond donors (Lipinski definition) is 2. The Bertz CT molecular complexity index is 538. The molecule has 4 fully saturated rings. The summed E-state index contributed by atoms with van der Waals surface area (Å²) in [6.07, 6.45) is 8.19. The lowest BCUT2D eigenvalue weighted by Crippen LogP contribution is -2.62. The average Bonchev–Trinajstić information content (AvgIpc) is 2.43. The van der Waals surface area contributed by atoms with Crippen molar-refractivity contribution in [1.29, 1.82) is 0 Å². The minimum absolute atomic E-state index is 0.241. The summed E-state index contributed by atoms with van der Waals surface area (Å²) in [4.78, 5) is 0. The Labute approximate surface area is 185 Å². The molecule has 0 amide bonds. The molecule has 0 radical (unpaired) electrons. The van der Waals surface area contributed by atoms with Gasteiger partial charge in [-0.05, 0) is 85.7 Å². The lowest BCUT2D eigenvalue weighted by Gasteiger charge is -2.60. The van der Waals surface area contributed by atoms with Crippen LogP contribution < -0.4 is 10.6 Å². The van der Waals surface area contributed by atoms with Gasteiger partial charge in [-0.25, -0.2) is 0 Å². The number of nitrogens with one attached hydrogen (secondary N) is 2. The van der Waals surface area contributed by atoms with Gasteiger partial charge in [0.1, 0.15) is 0 Å². The van der Waals surface area contributed by atoms with E-state index in [1.165, 1.54) is 58.2 Å². The Morgan fingerprint density at radius 1 is 0.767 bits per heavy atom. The van der Waals surface area contributed by atoms with E-state index in [1.54, 1.807) is 0 Å². The molecule has 0 bridgehead atoms. The van der Waals surface area contributed by atoms with Gasteiger partial charge in [0.2, 0.25) is 0 Å². The number of hydrogen-bond acceptors (Lipinski definition) is 4. The molecule has 4 aliphatic heterocycles. The lowest BCUT2D eigenvalue weighted by atomic mass is 9.49. The summed E-state index contributed by atoms with van der Waals surface area (Å²) in [5, 5.41) is 7.27. The van der Waals surface area contributed by atoms with Crippen molar-refractivity contribution >= 4 is 0 Å². The fraction of sp³-hybridized carbons (Fsp3) is 1.00. The van der Waals surface area contributed by atoms with Crippen LogP contribution in [0.1, 0.15) is 80.1 Å². The van der Waals surface area contributed by atoms with Crippen LogP contribution in [0.5, 0.6) is 0 Å². The maximum Gasteiger partial charge on any atom is 0.0655 e. The third-order valence-electron chi connectivity index (χ3n) is 10.5. The van der Waals surface area contributed by atoms with Crippen LogP contribution in [0.3, 0.4) is 0 Å². The van der Waals surface area contributed by atoms with Gasteiger partial charge in [-0.3, -0.25) is 0 Å². The highest BCUT2D eigenvalue weighted by Crippen LogP contribution is 2.59. The summed E-state index contributed by atoms with van der Waals surface area (Å²) >= 11 is 0. The van der Waals surface area contributed by atoms with Gasteiger partial charge in [0.15, 0.2) is 0 Å². The van der Waals surface area contributed by atoms with Crippen molar-refractivity contribution in [2.75, 3.05) is 39.5 Å². The molecule has 4 heterocycles. The van der Waals surface area contributed by atoms with Crippen LogP contribution in [-0.4, -0.2) is 51.6 Å². The Morgan fingerprint density at radius 3 is 1.77 bits per heavy atom. The van der Waals surface area contributed by atoms with Crippen molar-refractivity contribution < 1.29 is 9.47 Å². The fourth-order valence-corrected chi connectivity index (χ4v) is 6.43. The molecule has 4 unspecified atom stereocenters. The summed E-state index contributed by atoms with van der Waals surface area (Å²) in [5.41, 5.74) is 1.29. The monoisotopic (exact) mass is 420 g/mol. The van der Waals surface area contributed by atoms with Crippen molar-refractivity contribution in [3.05, 3.63) is 0 Å². The summed E-state index contributed by atoms with van der Waals surface area (Å²) in [6.45, 7) is 21.6. The second-order valence-electron chi connectivity index (χ2n) is 12.8. The largest absolute Gasteiger partial charge is 0.381 e. The zero-order chi connectivity index (χ0) is 21.6. The van der Waals surface area contributed by atoms with Crippen molar-refractivity contribution in [3.8, 4) is 0 Å². The summed E-state index contributed by atoms with van der Waals surface area (Å²) in [5.74, 6) is 1.50. The third-order valence-corrected chi connectivity index (χ3v) is 10.5. The molecule has 4 atom stereocenters. The summed E-state index contributed by atoms with van der Waals surface area (Å²) < 4.78 is 11.8. The van der Waals surface area contributed by atoms with Crippen LogP contribution >= 0.6 is 0 Å². The zero-order valence-electron chi connectivity index (χ0n) is 20.6. The van der Waals surface area contributed by atoms with Gasteiger partial charge in [-0.2, -0.15) is 0 Å². The Morgan fingerprint density at radius 2 is 1.37 bits per heavy atom. The Hall–Kier alpha value is -0.160. The number of rotatable bonds is 11. The first-order chi connectivity index (χ1) is 14.1. The molecule has 4 rings (SSSR count). The third kappa shape index (κ3) is 4.00. The predicted molar refractivity (Wildman–Crippen MR) is 124 cm³/mol. The predicted octanol–water partition coefficient (Wildman–Crippen LogP) is 4.63. The fourth-order valence-electron chi connectivity index (χ4n) is 6.43. The SMILES string of the molecule is CC(C)(CCC(C)(C1CNC1)C(C)(CCC(C)(C)C1CCN1)C1CCO1)C1COC1. The van der Waals surface area contributed by atoms with Gasteiger partial charge >= 0.3 is 0 Å². The van der Waals surface area contributed by atoms with Gasteiger partial charge in [0.05, 0.1) is 19.3 Å². The van der Waals surface area contributed by atoms with Crippen molar-refractivity contribution in [3.63, 3.8) is 0 Å². The average molecular weight is 421 g/mol. The van der Waals surface area contributed by atoms with E-state index in [1.807, 2.05) is 0 Å². The normalized spacial score (nSPS) is 32.2. The van der Waals surface area contributed by atoms with Crippen LogP contribution in [0.4, 0.5) is 0 Å². The van der Waals surface area contributed by atoms with Crippen LogP contribution in [0, 0.1) is 33.5 Å². The first-order valence-corrected chi connectivity index (χ1v) is 12.7. The Balaban J connectivity index is 1.52. The van der Waals surface area contributed by atoms with Crippen molar-refractivity contribution in [2.24, 2.45) is 33.5 Å². The minimum Gasteiger partial charge on any atom is -0.381 e. The summed E-state index contributed by atoms with van der Waals surface area (Å²) in [7, 11) is 0. The smallest absolute Gasteiger partial charge is 0.0655 e. The maximum atomic E-state index is 6.28. The van der Waals surface area contributed by atoms with E-state index >= 15 is 0 Å². The molecular formula is C26H48N2O2. The zero-order valence-corrected chi connectivity index (χ0v) is 20.6. The maximum absolute atomic E-state index is 6.28. The molecule has 174 valence electrons. The van der Waals surface area contributed by atoms with E-state index < -0.39 is 0 Å². The summed E-state index contributed by atoms with van der Waals surface area (Å²) in [6, 6.07) is 0.693. The molecule has 0 aromatic rings. The molecule has 0 saturated carbocycles. The standard InChI is InChI=1S/C26H48N2O2/c1-23(2,20-17-29-18-20)9-11-25(5,19-15-27-16-19)26(6,22-8-14-30-22)12-10-24(3,4)21-7-13-28-21/h19-22,27-28H,7-18H2,1-6H3. The van der Waals surface area contributed by atoms with E-state index in [0.29, 0.717) is 28.4 Å². The van der Waals surface area contributed by atoms with E-state index in [4.69, 9.17) is 9.47 Å². The van der Waals surface area contributed by atoms with E-state index in [0.717, 1.165) is 31.7 Å². The number of ether oxygens (including phenoxy) is 2. The highest BCUT2D eigenvalue weighted by molar-refractivity contribution is 5.07. The molecule has 0 aromatic carbocycles. The van der Waals surface area contributed by atoms with Gasteiger partial charge in [-0.15, -0.1) is 0 Å². The van der Waals surface area contributed by atoms with Crippen LogP contribution in [0.15, 0.2) is 0 Å². The first kappa shape index (κ1) is 23.0. The molecule has 30 heavy (non-hydrogen) atoms. The first-order valence-electron chi connectivity index (χ1n) is 12.7. The van der Waals surface area contributed by atoms with Crippen LogP contribution in [0.25, 0.3) is 0 Å². The lowest BCUT2D eigenvalue weighted by molar-refractivity contribution is -0.195. The molecule has 4 nitrogen and oxygen atoms in total. The minimum atomic E-state index is 0.241. The van der Waals surface area contributed by atoms with Crippen molar-refractivity contribution in [2.45, 2.75) is 92.2 Å². The van der Waals surface area contributed by atoms with Crippen molar-refractivity contribution in [1.82, 2.24) is 10.6 Å². The topological polar surface area (TPSA) is 42.5 Å². The van der Waals surface area contributed by atoms with Gasteiger partial charge in [0.25, 0.3) is 0 Å². The highest BCUT2D eigenvalue weighted by atomic mass is 16.5. The molecule has 4 aliphatic rings. The molecule has 2 N–H and O–H groups in total. The van der Waals surface area contributed by atoms with Crippen LogP contribution in [-0.2, 0) is 9.47 Å². The van der Waals surface area contributed by atoms with Gasteiger partial charge < -0.3 is 20.1 Å². The quantitative estimate of drug-likeness (QED) is 0.511. The second-order valence-corrected chi connectivity index (χ2v) is 12.8. The molecular weight excluding hydrogens is 372 g/mol. The van der Waals surface area contributed by atoms with E-state index in [9.17, 15) is 0 Å². The van der Waals surface area contributed by atoms with E-state index in [-0.39, 0.29) is 5.41 Å². The molecule has 4 heteroatoms. The van der Waals surface area contributed by atoms with Gasteiger partial charge in [-0.1, -0.05) is 41.5 Å². The molecule has 0 spiro atoms. The Kier molecular flexibility index (Phi) is 6.38.